The number of aromatic nitrogens is 2. The van der Waals surface area contributed by atoms with Gasteiger partial charge in [0.2, 0.25) is 0 Å². The lowest BCUT2D eigenvalue weighted by Gasteiger charge is -2.01. The van der Waals surface area contributed by atoms with Crippen molar-refractivity contribution in [2.75, 3.05) is 6.54 Å². The number of halogens is 1. The number of nitrogens with zero attached hydrogens (tertiary/aromatic N) is 2. The number of hydrogen-bond acceptors (Lipinski definition) is 2. The zero-order valence-electron chi connectivity index (χ0n) is 9.57. The molecule has 0 saturated heterocycles. The minimum atomic E-state index is 0.332. The monoisotopic (exact) mass is 237 g/mol. The molecule has 2 rings (SSSR count). The highest BCUT2D eigenvalue weighted by atomic mass is 35.5. The maximum Gasteiger partial charge on any atom is 0.141 e. The van der Waals surface area contributed by atoms with Crippen LogP contribution in [-0.2, 0) is 6.42 Å². The maximum atomic E-state index is 6.29. The first-order valence-electron chi connectivity index (χ1n) is 5.50. The first kappa shape index (κ1) is 11.4. The summed E-state index contributed by atoms with van der Waals surface area (Å²) >= 11 is 6.29. The van der Waals surface area contributed by atoms with Crippen molar-refractivity contribution in [1.29, 1.82) is 0 Å². The lowest BCUT2D eigenvalue weighted by atomic mass is 10.1. The summed E-state index contributed by atoms with van der Waals surface area (Å²) in [5, 5.41) is 0.712. The van der Waals surface area contributed by atoms with Gasteiger partial charge < -0.3 is 5.73 Å². The largest absolute Gasteiger partial charge is 0.330 e. The third-order valence-electron chi connectivity index (χ3n) is 2.66. The number of pyridine rings is 1. The van der Waals surface area contributed by atoms with Crippen molar-refractivity contribution >= 4 is 17.2 Å². The molecule has 0 aliphatic heterocycles. The summed E-state index contributed by atoms with van der Waals surface area (Å²) in [6.45, 7) is 4.81. The molecular weight excluding hydrogens is 222 g/mol. The molecular formula is C12H16ClN3. The lowest BCUT2D eigenvalue weighted by molar-refractivity contribution is 0.834. The van der Waals surface area contributed by atoms with Crippen molar-refractivity contribution in [1.82, 2.24) is 9.38 Å². The van der Waals surface area contributed by atoms with Crippen LogP contribution < -0.4 is 5.73 Å². The zero-order valence-corrected chi connectivity index (χ0v) is 10.3. The van der Waals surface area contributed by atoms with E-state index in [1.54, 1.807) is 0 Å². The summed E-state index contributed by atoms with van der Waals surface area (Å²) in [5.41, 5.74) is 8.62. The first-order valence-corrected chi connectivity index (χ1v) is 5.88. The van der Waals surface area contributed by atoms with Crippen molar-refractivity contribution in [3.05, 3.63) is 34.7 Å². The van der Waals surface area contributed by atoms with Gasteiger partial charge in [0.05, 0.1) is 5.69 Å². The second-order valence-corrected chi connectivity index (χ2v) is 4.57. The Labute approximate surface area is 100 Å². The average molecular weight is 238 g/mol. The fraction of sp³-hybridized carbons (Fsp3) is 0.417. The van der Waals surface area contributed by atoms with Gasteiger partial charge >= 0.3 is 0 Å². The van der Waals surface area contributed by atoms with Crippen LogP contribution >= 0.6 is 11.6 Å². The number of imidazole rings is 1. The summed E-state index contributed by atoms with van der Waals surface area (Å²) in [6.07, 6.45) is 2.77. The molecule has 2 aromatic rings. The number of fused-ring (bicyclic) bond motifs is 1. The standard InChI is InChI=1S/C12H16ClN3/c1-8(2)10-11(13)16-7-3-4-9(5-6-14)12(16)15-10/h3-4,7-8H,5-6,14H2,1-2H3. The van der Waals surface area contributed by atoms with E-state index in [2.05, 4.69) is 24.9 Å². The summed E-state index contributed by atoms with van der Waals surface area (Å²) in [7, 11) is 0. The average Bonchev–Trinajstić information content (AvgIpc) is 2.58. The van der Waals surface area contributed by atoms with Gasteiger partial charge in [-0.1, -0.05) is 31.5 Å². The van der Waals surface area contributed by atoms with Crippen molar-refractivity contribution in [2.24, 2.45) is 5.73 Å². The van der Waals surface area contributed by atoms with Gasteiger partial charge in [0.25, 0.3) is 0 Å². The highest BCUT2D eigenvalue weighted by molar-refractivity contribution is 6.30. The SMILES string of the molecule is CC(C)c1nc2c(CCN)cccn2c1Cl. The molecule has 4 heteroatoms. The van der Waals surface area contributed by atoms with Crippen LogP contribution in [0.15, 0.2) is 18.3 Å². The van der Waals surface area contributed by atoms with E-state index in [4.69, 9.17) is 17.3 Å². The molecule has 2 heterocycles. The van der Waals surface area contributed by atoms with E-state index >= 15 is 0 Å². The van der Waals surface area contributed by atoms with Gasteiger partial charge in [0.1, 0.15) is 10.8 Å². The third kappa shape index (κ3) is 1.81. The van der Waals surface area contributed by atoms with Gasteiger partial charge in [0.15, 0.2) is 0 Å². The minimum Gasteiger partial charge on any atom is -0.330 e. The van der Waals surface area contributed by atoms with Crippen LogP contribution in [0, 0.1) is 0 Å². The van der Waals surface area contributed by atoms with Gasteiger partial charge in [-0.2, -0.15) is 0 Å². The molecule has 16 heavy (non-hydrogen) atoms. The fourth-order valence-corrected chi connectivity index (χ4v) is 2.23. The first-order chi connectivity index (χ1) is 7.65. The summed E-state index contributed by atoms with van der Waals surface area (Å²) in [6, 6.07) is 4.03. The quantitative estimate of drug-likeness (QED) is 0.892. The molecule has 0 amide bonds. The van der Waals surface area contributed by atoms with Crippen LogP contribution in [0.1, 0.15) is 31.0 Å². The molecule has 0 fully saturated rings. The Bertz CT molecular complexity index is 502. The zero-order chi connectivity index (χ0) is 11.7. The minimum absolute atomic E-state index is 0.332. The molecule has 0 aliphatic carbocycles. The van der Waals surface area contributed by atoms with Crippen LogP contribution in [-0.4, -0.2) is 15.9 Å². The summed E-state index contributed by atoms with van der Waals surface area (Å²) < 4.78 is 1.93. The van der Waals surface area contributed by atoms with E-state index in [9.17, 15) is 0 Å². The molecule has 0 atom stereocenters. The highest BCUT2D eigenvalue weighted by Crippen LogP contribution is 2.26. The predicted molar refractivity (Wildman–Crippen MR) is 67.0 cm³/mol. The second-order valence-electron chi connectivity index (χ2n) is 4.21. The summed E-state index contributed by atoms with van der Waals surface area (Å²) in [5.74, 6) is 0.332. The molecule has 0 aromatic carbocycles. The molecule has 2 aromatic heterocycles. The molecule has 0 bridgehead atoms. The van der Waals surface area contributed by atoms with Gasteiger partial charge in [-0.15, -0.1) is 0 Å². The van der Waals surface area contributed by atoms with Crippen LogP contribution in [0.2, 0.25) is 5.15 Å². The topological polar surface area (TPSA) is 43.3 Å². The predicted octanol–water partition coefficient (Wildman–Crippen LogP) is 2.61. The second kappa shape index (κ2) is 4.44. The maximum absolute atomic E-state index is 6.29. The lowest BCUT2D eigenvalue weighted by Crippen LogP contribution is -2.04. The highest BCUT2D eigenvalue weighted by Gasteiger charge is 2.14. The Morgan fingerprint density at radius 1 is 1.50 bits per heavy atom. The molecule has 0 radical (unpaired) electrons. The van der Waals surface area contributed by atoms with Crippen LogP contribution in [0.3, 0.4) is 0 Å². The van der Waals surface area contributed by atoms with Crippen molar-refractivity contribution < 1.29 is 0 Å². The Hall–Kier alpha value is -1.06. The van der Waals surface area contributed by atoms with E-state index in [1.807, 2.05) is 16.7 Å². The van der Waals surface area contributed by atoms with E-state index in [0.29, 0.717) is 17.6 Å². The Morgan fingerprint density at radius 2 is 2.25 bits per heavy atom. The number of nitrogens with two attached hydrogens (primary N) is 1. The molecule has 0 saturated carbocycles. The molecule has 0 unspecified atom stereocenters. The number of rotatable bonds is 3. The molecule has 86 valence electrons. The Balaban J connectivity index is 2.65. The van der Waals surface area contributed by atoms with Gasteiger partial charge in [-0.05, 0) is 30.5 Å². The van der Waals surface area contributed by atoms with Crippen LogP contribution in [0.5, 0.6) is 0 Å². The van der Waals surface area contributed by atoms with Gasteiger partial charge in [-0.25, -0.2) is 4.98 Å². The van der Waals surface area contributed by atoms with Crippen molar-refractivity contribution in [3.8, 4) is 0 Å². The van der Waals surface area contributed by atoms with Crippen LogP contribution in [0.25, 0.3) is 5.65 Å². The fourth-order valence-electron chi connectivity index (χ4n) is 1.83. The molecule has 0 aliphatic rings. The van der Waals surface area contributed by atoms with Gasteiger partial charge in [-0.3, -0.25) is 4.40 Å². The smallest absolute Gasteiger partial charge is 0.141 e. The van der Waals surface area contributed by atoms with E-state index in [-0.39, 0.29) is 0 Å². The normalized spacial score (nSPS) is 11.6. The summed E-state index contributed by atoms with van der Waals surface area (Å²) in [4.78, 5) is 4.61. The van der Waals surface area contributed by atoms with E-state index in [1.165, 1.54) is 0 Å². The van der Waals surface area contributed by atoms with Crippen molar-refractivity contribution in [3.63, 3.8) is 0 Å². The molecule has 2 N–H and O–H groups in total. The van der Waals surface area contributed by atoms with E-state index < -0.39 is 0 Å². The Kier molecular flexibility index (Phi) is 3.17. The van der Waals surface area contributed by atoms with E-state index in [0.717, 1.165) is 23.3 Å². The van der Waals surface area contributed by atoms with Crippen molar-refractivity contribution in [2.45, 2.75) is 26.2 Å². The molecule has 0 spiro atoms. The third-order valence-corrected chi connectivity index (χ3v) is 3.03. The number of hydrogen-bond donors (Lipinski definition) is 1. The van der Waals surface area contributed by atoms with Gasteiger partial charge in [0, 0.05) is 6.20 Å². The van der Waals surface area contributed by atoms with Crippen LogP contribution in [0.4, 0.5) is 0 Å². The Morgan fingerprint density at radius 3 is 2.88 bits per heavy atom. The molecule has 3 nitrogen and oxygen atoms in total.